The van der Waals surface area contributed by atoms with Crippen LogP contribution in [0.3, 0.4) is 0 Å². The van der Waals surface area contributed by atoms with Gasteiger partial charge < -0.3 is 9.84 Å². The van der Waals surface area contributed by atoms with Crippen LogP contribution in [0.5, 0.6) is 5.75 Å². The van der Waals surface area contributed by atoms with E-state index in [9.17, 15) is 14.7 Å². The number of carbonyl (C=O) groups excluding carboxylic acids is 2. The van der Waals surface area contributed by atoms with E-state index >= 15 is 0 Å². The van der Waals surface area contributed by atoms with Crippen LogP contribution >= 0.6 is 22.9 Å². The number of anilines is 1. The monoisotopic (exact) mass is 454 g/mol. The lowest BCUT2D eigenvalue weighted by atomic mass is 9.95. The van der Waals surface area contributed by atoms with E-state index < -0.39 is 17.7 Å². The van der Waals surface area contributed by atoms with Crippen molar-refractivity contribution in [3.63, 3.8) is 0 Å². The van der Waals surface area contributed by atoms with E-state index in [0.29, 0.717) is 27.0 Å². The summed E-state index contributed by atoms with van der Waals surface area (Å²) < 4.78 is 5.63. The van der Waals surface area contributed by atoms with E-state index in [1.165, 1.54) is 16.2 Å². The quantitative estimate of drug-likeness (QED) is 0.325. The zero-order chi connectivity index (χ0) is 22.1. The third kappa shape index (κ3) is 4.06. The fourth-order valence-electron chi connectivity index (χ4n) is 3.44. The first kappa shape index (κ1) is 21.1. The fraction of sp³-hybridized carbons (Fsp3) is 0.174. The number of carbonyl (C=O) groups is 2. The van der Waals surface area contributed by atoms with Gasteiger partial charge in [0.05, 0.1) is 17.7 Å². The highest BCUT2D eigenvalue weighted by Gasteiger charge is 2.47. The van der Waals surface area contributed by atoms with Crippen molar-refractivity contribution in [2.75, 3.05) is 4.90 Å². The summed E-state index contributed by atoms with van der Waals surface area (Å²) in [7, 11) is 0. The van der Waals surface area contributed by atoms with Crippen molar-refractivity contribution < 1.29 is 19.4 Å². The maximum absolute atomic E-state index is 13.0. The molecule has 1 aliphatic heterocycles. The van der Waals surface area contributed by atoms with Gasteiger partial charge in [-0.25, -0.2) is 4.98 Å². The van der Waals surface area contributed by atoms with E-state index in [1.807, 2.05) is 13.8 Å². The molecule has 1 fully saturated rings. The van der Waals surface area contributed by atoms with Crippen molar-refractivity contribution in [2.45, 2.75) is 26.0 Å². The minimum absolute atomic E-state index is 0.0000467. The van der Waals surface area contributed by atoms with E-state index in [4.69, 9.17) is 16.3 Å². The summed E-state index contributed by atoms with van der Waals surface area (Å²) in [5.74, 6) is -1.12. The number of benzene rings is 2. The number of aliphatic hydroxyl groups excluding tert-OH is 1. The van der Waals surface area contributed by atoms with Crippen molar-refractivity contribution in [2.24, 2.45) is 0 Å². The first-order valence-electron chi connectivity index (χ1n) is 9.60. The van der Waals surface area contributed by atoms with Crippen LogP contribution in [0.25, 0.3) is 5.76 Å². The summed E-state index contributed by atoms with van der Waals surface area (Å²) >= 11 is 7.27. The van der Waals surface area contributed by atoms with E-state index in [2.05, 4.69) is 4.98 Å². The standard InChI is InChI=1S/C23H19ClN2O4S/c1-13(2)30-17-9-5-15(6-10-17)20(27)18-19(14-3-7-16(24)8-4-14)26(22(29)21(18)28)23-25-11-12-31-23/h3-13,19,27H,1-2H3/b20-18+. The number of halogens is 1. The number of ketones is 1. The molecule has 0 radical (unpaired) electrons. The lowest BCUT2D eigenvalue weighted by Gasteiger charge is -2.23. The number of hydrogen-bond donors (Lipinski definition) is 1. The molecule has 1 unspecified atom stereocenters. The number of aliphatic hydroxyl groups is 1. The Morgan fingerprint density at radius 1 is 1.13 bits per heavy atom. The molecule has 0 saturated carbocycles. The highest BCUT2D eigenvalue weighted by atomic mass is 35.5. The number of rotatable bonds is 5. The van der Waals surface area contributed by atoms with Crippen LogP contribution in [0, 0.1) is 0 Å². The molecular weight excluding hydrogens is 436 g/mol. The Balaban J connectivity index is 1.84. The van der Waals surface area contributed by atoms with E-state index in [0.717, 1.165) is 0 Å². The largest absolute Gasteiger partial charge is 0.507 e. The maximum atomic E-state index is 13.0. The van der Waals surface area contributed by atoms with Gasteiger partial charge in [-0.05, 0) is 55.8 Å². The molecule has 1 N–H and O–H groups in total. The maximum Gasteiger partial charge on any atom is 0.301 e. The third-order valence-electron chi connectivity index (χ3n) is 4.76. The lowest BCUT2D eigenvalue weighted by molar-refractivity contribution is -0.132. The van der Waals surface area contributed by atoms with Crippen molar-refractivity contribution in [3.05, 3.63) is 81.8 Å². The third-order valence-corrected chi connectivity index (χ3v) is 5.78. The number of nitrogens with zero attached hydrogens (tertiary/aromatic N) is 2. The van der Waals surface area contributed by atoms with Gasteiger partial charge >= 0.3 is 5.91 Å². The number of aromatic nitrogens is 1. The molecule has 1 aromatic heterocycles. The van der Waals surface area contributed by atoms with Gasteiger partial charge in [0.15, 0.2) is 5.13 Å². The molecule has 8 heteroatoms. The molecule has 1 saturated heterocycles. The van der Waals surface area contributed by atoms with Crippen LogP contribution in [0.1, 0.15) is 31.0 Å². The van der Waals surface area contributed by atoms with Crippen molar-refractivity contribution >= 4 is 45.5 Å². The van der Waals surface area contributed by atoms with Crippen LogP contribution in [0.15, 0.2) is 65.7 Å². The van der Waals surface area contributed by atoms with Gasteiger partial charge in [0.2, 0.25) is 0 Å². The van der Waals surface area contributed by atoms with Crippen molar-refractivity contribution in [1.82, 2.24) is 4.98 Å². The Morgan fingerprint density at radius 2 is 1.81 bits per heavy atom. The predicted molar refractivity (Wildman–Crippen MR) is 121 cm³/mol. The summed E-state index contributed by atoms with van der Waals surface area (Å²) in [6.45, 7) is 3.83. The van der Waals surface area contributed by atoms with Gasteiger partial charge in [0.25, 0.3) is 5.78 Å². The van der Waals surface area contributed by atoms with Crippen LogP contribution in [-0.2, 0) is 9.59 Å². The summed E-state index contributed by atoms with van der Waals surface area (Å²) in [5.41, 5.74) is 1.05. The van der Waals surface area contributed by atoms with Crippen LogP contribution < -0.4 is 9.64 Å². The first-order chi connectivity index (χ1) is 14.9. The minimum atomic E-state index is -0.824. The molecule has 1 amide bonds. The van der Waals surface area contributed by atoms with Crippen molar-refractivity contribution in [1.29, 1.82) is 0 Å². The fourth-order valence-corrected chi connectivity index (χ4v) is 4.24. The molecule has 6 nitrogen and oxygen atoms in total. The normalized spacial score (nSPS) is 18.1. The predicted octanol–water partition coefficient (Wildman–Crippen LogP) is 5.21. The molecule has 0 spiro atoms. The molecule has 2 heterocycles. The summed E-state index contributed by atoms with van der Waals surface area (Å²) in [6, 6.07) is 12.7. The van der Waals surface area contributed by atoms with Gasteiger partial charge in [-0.1, -0.05) is 23.7 Å². The Bertz CT molecular complexity index is 1140. The van der Waals surface area contributed by atoms with E-state index in [1.54, 1.807) is 60.1 Å². The minimum Gasteiger partial charge on any atom is -0.507 e. The van der Waals surface area contributed by atoms with Gasteiger partial charge in [-0.2, -0.15) is 0 Å². The van der Waals surface area contributed by atoms with Crippen LogP contribution in [0.2, 0.25) is 5.02 Å². The number of thiazole rings is 1. The number of amides is 1. The average molecular weight is 455 g/mol. The number of Topliss-reactive ketones (excluding diaryl/α,β-unsaturated/α-hetero) is 1. The Kier molecular flexibility index (Phi) is 5.80. The lowest BCUT2D eigenvalue weighted by Crippen LogP contribution is -2.29. The average Bonchev–Trinajstić information content (AvgIpc) is 3.35. The molecule has 4 rings (SSSR count). The molecular formula is C23H19ClN2O4S. The zero-order valence-corrected chi connectivity index (χ0v) is 18.4. The Morgan fingerprint density at radius 3 is 2.39 bits per heavy atom. The molecule has 0 aliphatic carbocycles. The molecule has 0 bridgehead atoms. The second-order valence-corrected chi connectivity index (χ2v) is 8.54. The second-order valence-electron chi connectivity index (χ2n) is 7.23. The number of ether oxygens (including phenoxy) is 1. The summed E-state index contributed by atoms with van der Waals surface area (Å²) in [4.78, 5) is 31.5. The summed E-state index contributed by atoms with van der Waals surface area (Å²) in [6.07, 6.45) is 1.57. The second kappa shape index (κ2) is 8.53. The van der Waals surface area contributed by atoms with E-state index in [-0.39, 0.29) is 17.4 Å². The molecule has 3 aromatic rings. The van der Waals surface area contributed by atoms with Gasteiger partial charge in [0, 0.05) is 22.2 Å². The van der Waals surface area contributed by atoms with Gasteiger partial charge in [-0.3, -0.25) is 14.5 Å². The number of hydrogen-bond acceptors (Lipinski definition) is 6. The molecule has 158 valence electrons. The first-order valence-corrected chi connectivity index (χ1v) is 10.9. The van der Waals surface area contributed by atoms with Crippen molar-refractivity contribution in [3.8, 4) is 5.75 Å². The van der Waals surface area contributed by atoms with Crippen LogP contribution in [-0.4, -0.2) is 27.9 Å². The summed E-state index contributed by atoms with van der Waals surface area (Å²) in [5, 5.41) is 13.7. The Hall–Kier alpha value is -3.16. The highest BCUT2D eigenvalue weighted by molar-refractivity contribution is 7.14. The van der Waals surface area contributed by atoms with Crippen LogP contribution in [0.4, 0.5) is 5.13 Å². The smallest absolute Gasteiger partial charge is 0.301 e. The SMILES string of the molecule is CC(C)Oc1ccc(/C(O)=C2\C(=O)C(=O)N(c3nccs3)C2c2ccc(Cl)cc2)cc1. The Labute approximate surface area is 188 Å². The molecule has 1 aliphatic rings. The molecule has 2 aromatic carbocycles. The van der Waals surface area contributed by atoms with Gasteiger partial charge in [-0.15, -0.1) is 11.3 Å². The topological polar surface area (TPSA) is 79.7 Å². The molecule has 1 atom stereocenters. The molecule has 31 heavy (non-hydrogen) atoms. The highest BCUT2D eigenvalue weighted by Crippen LogP contribution is 2.42. The van der Waals surface area contributed by atoms with Gasteiger partial charge in [0.1, 0.15) is 11.5 Å². The zero-order valence-electron chi connectivity index (χ0n) is 16.8.